The van der Waals surface area contributed by atoms with Crippen molar-refractivity contribution < 1.29 is 14.7 Å². The van der Waals surface area contributed by atoms with E-state index in [0.717, 1.165) is 49.8 Å². The zero-order valence-electron chi connectivity index (χ0n) is 19.7. The summed E-state index contributed by atoms with van der Waals surface area (Å²) >= 11 is 0. The van der Waals surface area contributed by atoms with E-state index in [1.165, 1.54) is 30.5 Å². The third-order valence-corrected chi connectivity index (χ3v) is 7.62. The lowest BCUT2D eigenvalue weighted by atomic mass is 9.77. The van der Waals surface area contributed by atoms with Crippen LogP contribution in [0.3, 0.4) is 0 Å². The van der Waals surface area contributed by atoms with Gasteiger partial charge in [0.15, 0.2) is 0 Å². The first kappa shape index (κ1) is 23.5. The number of amides is 1. The molecular formula is C28H36N2O3. The van der Waals surface area contributed by atoms with Crippen molar-refractivity contribution in [1.29, 1.82) is 0 Å². The number of carbonyl (C=O) groups is 2. The molecule has 1 amide bonds. The highest BCUT2D eigenvalue weighted by atomic mass is 16.4. The Morgan fingerprint density at radius 3 is 2.21 bits per heavy atom. The zero-order chi connectivity index (χ0) is 23.3. The quantitative estimate of drug-likeness (QED) is 0.579. The van der Waals surface area contributed by atoms with Gasteiger partial charge in [-0.1, -0.05) is 61.4 Å². The van der Waals surface area contributed by atoms with E-state index in [1.807, 2.05) is 0 Å². The van der Waals surface area contributed by atoms with Crippen LogP contribution in [-0.4, -0.2) is 47.6 Å². The molecule has 0 spiro atoms. The number of aliphatic carboxylic acids is 1. The van der Waals surface area contributed by atoms with Gasteiger partial charge in [0.25, 0.3) is 0 Å². The van der Waals surface area contributed by atoms with Gasteiger partial charge in [0, 0.05) is 19.1 Å². The topological polar surface area (TPSA) is 69.6 Å². The Morgan fingerprint density at radius 2 is 1.64 bits per heavy atom. The molecule has 2 N–H and O–H groups in total. The van der Waals surface area contributed by atoms with Gasteiger partial charge in [0.05, 0.1) is 11.8 Å². The van der Waals surface area contributed by atoms with Crippen molar-refractivity contribution in [3.05, 3.63) is 59.7 Å². The Morgan fingerprint density at radius 1 is 1.00 bits per heavy atom. The average molecular weight is 449 g/mol. The molecule has 2 aromatic rings. The van der Waals surface area contributed by atoms with Gasteiger partial charge in [-0.25, -0.2) is 0 Å². The molecule has 0 radical (unpaired) electrons. The van der Waals surface area contributed by atoms with Crippen LogP contribution >= 0.6 is 0 Å². The summed E-state index contributed by atoms with van der Waals surface area (Å²) in [6, 6.07) is 18.0. The largest absolute Gasteiger partial charge is 0.481 e. The number of hydrogen-bond acceptors (Lipinski definition) is 3. The summed E-state index contributed by atoms with van der Waals surface area (Å²) in [5.41, 5.74) is 4.21. The fraction of sp³-hybridized carbons (Fsp3) is 0.500. The van der Waals surface area contributed by atoms with Gasteiger partial charge in [-0.2, -0.15) is 0 Å². The van der Waals surface area contributed by atoms with Crippen molar-refractivity contribution in [3.63, 3.8) is 0 Å². The minimum absolute atomic E-state index is 0.0364. The Hall–Kier alpha value is -2.66. The first-order valence-electron chi connectivity index (χ1n) is 12.4. The van der Waals surface area contributed by atoms with Gasteiger partial charge in [-0.3, -0.25) is 9.59 Å². The lowest BCUT2D eigenvalue weighted by Gasteiger charge is -2.28. The molecule has 5 nitrogen and oxygen atoms in total. The lowest BCUT2D eigenvalue weighted by molar-refractivity contribution is -0.137. The smallest absolute Gasteiger partial charge is 0.305 e. The maximum atomic E-state index is 13.0. The molecule has 1 atom stereocenters. The second-order valence-electron chi connectivity index (χ2n) is 9.74. The lowest BCUT2D eigenvalue weighted by Crippen LogP contribution is -2.43. The predicted molar refractivity (Wildman–Crippen MR) is 131 cm³/mol. The van der Waals surface area contributed by atoms with Crippen LogP contribution in [-0.2, 0) is 21.4 Å². The van der Waals surface area contributed by atoms with E-state index in [0.29, 0.717) is 6.04 Å². The van der Waals surface area contributed by atoms with Gasteiger partial charge in [0.1, 0.15) is 0 Å². The van der Waals surface area contributed by atoms with Crippen LogP contribution in [0.2, 0.25) is 0 Å². The summed E-state index contributed by atoms with van der Waals surface area (Å²) in [6.07, 6.45) is 7.35. The Balaban J connectivity index is 1.41. The maximum absolute atomic E-state index is 13.0. The SMILES string of the molecule is CC1CCCN1CCc1ccc(-c2ccc(C3(C(=O)NCCC(=O)O)CCCC3)cc2)cc1. The molecule has 1 saturated heterocycles. The average Bonchev–Trinajstić information content (AvgIpc) is 3.48. The maximum Gasteiger partial charge on any atom is 0.305 e. The second-order valence-corrected chi connectivity index (χ2v) is 9.74. The third-order valence-electron chi connectivity index (χ3n) is 7.62. The fourth-order valence-electron chi connectivity index (χ4n) is 5.52. The van der Waals surface area contributed by atoms with E-state index in [1.54, 1.807) is 0 Å². The van der Waals surface area contributed by atoms with Gasteiger partial charge >= 0.3 is 5.97 Å². The van der Waals surface area contributed by atoms with Crippen molar-refractivity contribution in [1.82, 2.24) is 10.2 Å². The first-order valence-corrected chi connectivity index (χ1v) is 12.4. The van der Waals surface area contributed by atoms with Gasteiger partial charge < -0.3 is 15.3 Å². The summed E-state index contributed by atoms with van der Waals surface area (Å²) in [7, 11) is 0. The molecule has 2 aliphatic rings. The summed E-state index contributed by atoms with van der Waals surface area (Å²) in [5.74, 6) is -0.928. The summed E-state index contributed by atoms with van der Waals surface area (Å²) in [6.45, 7) is 4.86. The molecule has 4 rings (SSSR count). The molecule has 2 fully saturated rings. The van der Waals surface area contributed by atoms with Crippen LogP contribution < -0.4 is 5.32 Å². The molecule has 2 aromatic carbocycles. The van der Waals surface area contributed by atoms with Gasteiger partial charge in [-0.05, 0) is 67.8 Å². The number of likely N-dealkylation sites (tertiary alicyclic amines) is 1. The van der Waals surface area contributed by atoms with Gasteiger partial charge in [0.2, 0.25) is 5.91 Å². The molecule has 0 aromatic heterocycles. The molecule has 176 valence electrons. The number of carbonyl (C=O) groups excluding carboxylic acids is 1. The number of carboxylic acids is 1. The van der Waals surface area contributed by atoms with E-state index in [9.17, 15) is 9.59 Å². The predicted octanol–water partition coefficient (Wildman–Crippen LogP) is 4.78. The molecule has 5 heteroatoms. The molecular weight excluding hydrogens is 412 g/mol. The van der Waals surface area contributed by atoms with Crippen LogP contribution in [0, 0.1) is 0 Å². The summed E-state index contributed by atoms with van der Waals surface area (Å²) in [4.78, 5) is 26.4. The number of hydrogen-bond donors (Lipinski definition) is 2. The number of carboxylic acid groups (broad SMARTS) is 1. The number of benzene rings is 2. The van der Waals surface area contributed by atoms with Crippen LogP contribution in [0.1, 0.15) is 63.0 Å². The molecule has 33 heavy (non-hydrogen) atoms. The van der Waals surface area contributed by atoms with E-state index in [4.69, 9.17) is 5.11 Å². The second kappa shape index (κ2) is 10.5. The van der Waals surface area contributed by atoms with Crippen molar-refractivity contribution >= 4 is 11.9 Å². The standard InChI is InChI=1S/C28H36N2O3/c1-21-5-4-19-30(21)20-15-22-6-8-23(9-7-22)24-10-12-25(13-11-24)28(16-2-3-17-28)27(33)29-18-14-26(31)32/h6-13,21H,2-5,14-20H2,1H3,(H,29,33)(H,31,32). The van der Waals surface area contributed by atoms with Crippen molar-refractivity contribution in [2.24, 2.45) is 0 Å². The molecule has 1 unspecified atom stereocenters. The minimum Gasteiger partial charge on any atom is -0.481 e. The van der Waals surface area contributed by atoms with Crippen LogP contribution in [0.15, 0.2) is 48.5 Å². The number of nitrogens with one attached hydrogen (secondary N) is 1. The monoisotopic (exact) mass is 448 g/mol. The van der Waals surface area contributed by atoms with E-state index in [-0.39, 0.29) is 18.9 Å². The molecule has 1 heterocycles. The van der Waals surface area contributed by atoms with E-state index >= 15 is 0 Å². The first-order chi connectivity index (χ1) is 16.0. The van der Waals surface area contributed by atoms with Gasteiger partial charge in [-0.15, -0.1) is 0 Å². The summed E-state index contributed by atoms with van der Waals surface area (Å²) in [5, 5.41) is 11.7. The van der Waals surface area contributed by atoms with Crippen molar-refractivity contribution in [2.75, 3.05) is 19.6 Å². The third kappa shape index (κ3) is 5.47. The Kier molecular flexibility index (Phi) is 7.49. The zero-order valence-corrected chi connectivity index (χ0v) is 19.7. The molecule has 1 aliphatic heterocycles. The fourth-order valence-corrected chi connectivity index (χ4v) is 5.52. The van der Waals surface area contributed by atoms with Crippen LogP contribution in [0.4, 0.5) is 0 Å². The Bertz CT molecular complexity index is 946. The highest BCUT2D eigenvalue weighted by Gasteiger charge is 2.42. The van der Waals surface area contributed by atoms with E-state index < -0.39 is 11.4 Å². The van der Waals surface area contributed by atoms with Crippen molar-refractivity contribution in [2.45, 2.75) is 69.7 Å². The summed E-state index contributed by atoms with van der Waals surface area (Å²) < 4.78 is 0. The molecule has 0 bridgehead atoms. The number of nitrogens with zero attached hydrogens (tertiary/aromatic N) is 1. The number of rotatable bonds is 9. The minimum atomic E-state index is -0.892. The Labute approximate surface area is 197 Å². The van der Waals surface area contributed by atoms with Crippen LogP contribution in [0.25, 0.3) is 11.1 Å². The molecule has 1 aliphatic carbocycles. The van der Waals surface area contributed by atoms with E-state index in [2.05, 4.69) is 65.7 Å². The van der Waals surface area contributed by atoms with Crippen LogP contribution in [0.5, 0.6) is 0 Å². The normalized spacial score (nSPS) is 20.1. The highest BCUT2D eigenvalue weighted by molar-refractivity contribution is 5.89. The van der Waals surface area contributed by atoms with Crippen molar-refractivity contribution in [3.8, 4) is 11.1 Å². The molecule has 1 saturated carbocycles. The highest BCUT2D eigenvalue weighted by Crippen LogP contribution is 2.42.